The van der Waals surface area contributed by atoms with E-state index in [2.05, 4.69) is 27.7 Å². The summed E-state index contributed by atoms with van der Waals surface area (Å²) in [5.74, 6) is 0. The third kappa shape index (κ3) is 6.52. The van der Waals surface area contributed by atoms with Gasteiger partial charge in [-0.15, -0.1) is 0 Å². The maximum Gasteiger partial charge on any atom is 0.0786 e. The second-order valence-corrected chi connectivity index (χ2v) is 5.24. The van der Waals surface area contributed by atoms with Crippen LogP contribution in [0.3, 0.4) is 0 Å². The van der Waals surface area contributed by atoms with Gasteiger partial charge in [0.25, 0.3) is 0 Å². The summed E-state index contributed by atoms with van der Waals surface area (Å²) >= 11 is 0. The second-order valence-electron chi connectivity index (χ2n) is 5.24. The Morgan fingerprint density at radius 2 is 1.12 bits per heavy atom. The molecule has 0 aliphatic carbocycles. The average molecular weight is 228 g/mol. The van der Waals surface area contributed by atoms with Gasteiger partial charge in [-0.1, -0.05) is 40.0 Å². The molecule has 0 aliphatic heterocycles. The molecule has 0 atom stereocenters. The molecule has 0 heterocycles. The van der Waals surface area contributed by atoms with E-state index in [1.165, 1.54) is 75.6 Å². The first-order valence-corrected chi connectivity index (χ1v) is 7.59. The Bertz CT molecular complexity index is 136. The summed E-state index contributed by atoms with van der Waals surface area (Å²) in [4.78, 5) is 0. The Balaban J connectivity index is 3.89. The highest BCUT2D eigenvalue weighted by molar-refractivity contribution is 4.47. The molecule has 1 nitrogen and oxygen atoms in total. The summed E-state index contributed by atoms with van der Waals surface area (Å²) in [5.41, 5.74) is 0. The molecule has 0 fully saturated rings. The number of nitrogens with zero attached hydrogens (tertiary/aromatic N) is 1. The van der Waals surface area contributed by atoms with Crippen LogP contribution in [0, 0.1) is 0 Å². The van der Waals surface area contributed by atoms with Gasteiger partial charge in [0.15, 0.2) is 0 Å². The Kier molecular flexibility index (Phi) is 10.1. The van der Waals surface area contributed by atoms with E-state index >= 15 is 0 Å². The van der Waals surface area contributed by atoms with Crippen LogP contribution < -0.4 is 0 Å². The average Bonchev–Trinajstić information content (AvgIpc) is 2.29. The number of hydrogen-bond donors (Lipinski definition) is 0. The smallest absolute Gasteiger partial charge is 0.0786 e. The van der Waals surface area contributed by atoms with Crippen LogP contribution in [-0.2, 0) is 0 Å². The summed E-state index contributed by atoms with van der Waals surface area (Å²) in [6.45, 7) is 14.8. The van der Waals surface area contributed by atoms with Crippen LogP contribution >= 0.6 is 0 Å². The van der Waals surface area contributed by atoms with Crippen molar-refractivity contribution in [3.63, 3.8) is 0 Å². The van der Waals surface area contributed by atoms with E-state index in [-0.39, 0.29) is 0 Å². The van der Waals surface area contributed by atoms with Crippen molar-refractivity contribution in [3.8, 4) is 0 Å². The molecule has 0 saturated heterocycles. The first-order valence-electron chi connectivity index (χ1n) is 7.59. The zero-order valence-corrected chi connectivity index (χ0v) is 12.2. The predicted octanol–water partition coefficient (Wildman–Crippen LogP) is 4.61. The van der Waals surface area contributed by atoms with Crippen molar-refractivity contribution in [1.29, 1.82) is 0 Å². The highest BCUT2D eigenvalue weighted by atomic mass is 15.3. The Morgan fingerprint density at radius 1 is 0.562 bits per heavy atom. The van der Waals surface area contributed by atoms with Crippen molar-refractivity contribution in [1.82, 2.24) is 0 Å². The fraction of sp³-hybridized carbons (Fsp3) is 1.00. The van der Waals surface area contributed by atoms with Gasteiger partial charge in [-0.05, 0) is 32.6 Å². The Hall–Kier alpha value is -0.0400. The van der Waals surface area contributed by atoms with Crippen molar-refractivity contribution in [3.05, 3.63) is 0 Å². The third-order valence-corrected chi connectivity index (χ3v) is 3.80. The lowest BCUT2D eigenvalue weighted by Crippen LogP contribution is -2.49. The summed E-state index contributed by atoms with van der Waals surface area (Å²) in [6.07, 6.45) is 9.78. The van der Waals surface area contributed by atoms with Crippen molar-refractivity contribution < 1.29 is 4.48 Å². The van der Waals surface area contributed by atoms with Gasteiger partial charge in [-0.3, -0.25) is 0 Å². The van der Waals surface area contributed by atoms with Crippen molar-refractivity contribution >= 4 is 0 Å². The van der Waals surface area contributed by atoms with Gasteiger partial charge in [0.2, 0.25) is 0 Å². The molecule has 0 aromatic heterocycles. The zero-order chi connectivity index (χ0) is 12.3. The molecule has 16 heavy (non-hydrogen) atoms. The van der Waals surface area contributed by atoms with Gasteiger partial charge in [0.1, 0.15) is 0 Å². The van der Waals surface area contributed by atoms with Crippen molar-refractivity contribution in [2.24, 2.45) is 0 Å². The lowest BCUT2D eigenvalue weighted by Gasteiger charge is -2.37. The largest absolute Gasteiger partial charge is 0.324 e. The first kappa shape index (κ1) is 16.0. The molecule has 0 spiro atoms. The van der Waals surface area contributed by atoms with Gasteiger partial charge in [-0.25, -0.2) is 0 Å². The molecule has 0 aliphatic rings. The fourth-order valence-corrected chi connectivity index (χ4v) is 2.81. The van der Waals surface area contributed by atoms with Crippen LogP contribution in [0.4, 0.5) is 0 Å². The zero-order valence-electron chi connectivity index (χ0n) is 12.2. The lowest BCUT2D eigenvalue weighted by atomic mass is 10.1. The molecule has 0 radical (unpaired) electrons. The fourth-order valence-electron chi connectivity index (χ4n) is 2.81. The molecular formula is C15H34N+. The molecule has 98 valence electrons. The molecule has 0 unspecified atom stereocenters. The molecule has 0 N–H and O–H groups in total. The number of quaternary nitrogens is 1. The van der Waals surface area contributed by atoms with E-state index in [4.69, 9.17) is 0 Å². The van der Waals surface area contributed by atoms with Crippen molar-refractivity contribution in [2.75, 3.05) is 26.2 Å². The van der Waals surface area contributed by atoms with Gasteiger partial charge in [0, 0.05) is 0 Å². The normalized spacial score (nSPS) is 12.0. The maximum absolute atomic E-state index is 2.37. The van der Waals surface area contributed by atoms with Crippen LogP contribution in [0.2, 0.25) is 0 Å². The van der Waals surface area contributed by atoms with Crippen LogP contribution in [-0.4, -0.2) is 30.7 Å². The highest BCUT2D eigenvalue weighted by Crippen LogP contribution is 2.13. The molecule has 0 amide bonds. The minimum Gasteiger partial charge on any atom is -0.324 e. The van der Waals surface area contributed by atoms with Crippen LogP contribution in [0.25, 0.3) is 0 Å². The van der Waals surface area contributed by atoms with E-state index in [0.717, 1.165) is 0 Å². The number of rotatable bonds is 11. The molecule has 0 bridgehead atoms. The molecule has 0 rings (SSSR count). The quantitative estimate of drug-likeness (QED) is 0.358. The molecule has 0 aromatic carbocycles. The van der Waals surface area contributed by atoms with Gasteiger partial charge < -0.3 is 4.48 Å². The maximum atomic E-state index is 2.37. The standard InChI is InChI=1S/C15H34N/c1-5-9-10-11-12-15-16(8-4,13-6-2)14-7-3/h5-15H2,1-4H3/q+1. The summed E-state index contributed by atoms with van der Waals surface area (Å²) < 4.78 is 1.37. The SMILES string of the molecule is CCCCCCC[N+](CC)(CCC)CCC. The predicted molar refractivity (Wildman–Crippen MR) is 74.7 cm³/mol. The number of hydrogen-bond acceptors (Lipinski definition) is 0. The Labute approximate surface area is 104 Å². The van der Waals surface area contributed by atoms with E-state index in [0.29, 0.717) is 0 Å². The third-order valence-electron chi connectivity index (χ3n) is 3.80. The van der Waals surface area contributed by atoms with Crippen molar-refractivity contribution in [2.45, 2.75) is 72.6 Å². The summed E-state index contributed by atoms with van der Waals surface area (Å²) in [7, 11) is 0. The van der Waals surface area contributed by atoms with E-state index in [1.807, 2.05) is 0 Å². The van der Waals surface area contributed by atoms with Crippen LogP contribution in [0.15, 0.2) is 0 Å². The van der Waals surface area contributed by atoms with E-state index in [1.54, 1.807) is 0 Å². The van der Waals surface area contributed by atoms with Gasteiger partial charge in [-0.2, -0.15) is 0 Å². The van der Waals surface area contributed by atoms with Crippen LogP contribution in [0.5, 0.6) is 0 Å². The summed E-state index contributed by atoms with van der Waals surface area (Å²) in [5, 5.41) is 0. The minimum atomic E-state index is 1.33. The van der Waals surface area contributed by atoms with E-state index < -0.39 is 0 Å². The van der Waals surface area contributed by atoms with Gasteiger partial charge in [0.05, 0.1) is 26.2 Å². The Morgan fingerprint density at radius 3 is 1.56 bits per heavy atom. The second kappa shape index (κ2) is 10.1. The summed E-state index contributed by atoms with van der Waals surface area (Å²) in [6, 6.07) is 0. The molecule has 1 heteroatoms. The molecule has 0 saturated carbocycles. The minimum absolute atomic E-state index is 1.33. The monoisotopic (exact) mass is 228 g/mol. The van der Waals surface area contributed by atoms with E-state index in [9.17, 15) is 0 Å². The molecular weight excluding hydrogens is 194 g/mol. The highest BCUT2D eigenvalue weighted by Gasteiger charge is 2.22. The lowest BCUT2D eigenvalue weighted by molar-refractivity contribution is -0.926. The topological polar surface area (TPSA) is 0 Å². The molecule has 0 aromatic rings. The first-order chi connectivity index (χ1) is 7.74. The van der Waals surface area contributed by atoms with Crippen LogP contribution in [0.1, 0.15) is 72.6 Å². The van der Waals surface area contributed by atoms with Gasteiger partial charge >= 0.3 is 0 Å². The number of unbranched alkanes of at least 4 members (excludes halogenated alkanes) is 4.